The molecule has 5 aromatic carbocycles. The fourth-order valence-corrected chi connectivity index (χ4v) is 6.76. The van der Waals surface area contributed by atoms with E-state index in [-0.39, 0.29) is 54.3 Å². The van der Waals surface area contributed by atoms with Crippen LogP contribution in [0.1, 0.15) is 33.3 Å². The smallest absolute Gasteiger partial charge is 0.339 e. The predicted octanol–water partition coefficient (Wildman–Crippen LogP) is 7.24. The minimum atomic E-state index is -4.48. The zero-order valence-corrected chi connectivity index (χ0v) is 29.1. The summed E-state index contributed by atoms with van der Waals surface area (Å²) >= 11 is 0. The maximum Gasteiger partial charge on any atom is 0.339 e. The molecule has 0 heterocycles. The van der Waals surface area contributed by atoms with Crippen LogP contribution < -0.4 is 9.92 Å². The van der Waals surface area contributed by atoms with Crippen LogP contribution >= 0.6 is 0 Å². The van der Waals surface area contributed by atoms with Crippen molar-refractivity contribution in [3.8, 4) is 11.5 Å². The highest BCUT2D eigenvalue weighted by molar-refractivity contribution is 7.87. The summed E-state index contributed by atoms with van der Waals surface area (Å²) in [5, 5.41) is 19.9. The van der Waals surface area contributed by atoms with Gasteiger partial charge in [-0.2, -0.15) is 25.3 Å². The topological polar surface area (TPSA) is 212 Å². The van der Waals surface area contributed by atoms with Gasteiger partial charge in [0.2, 0.25) is 0 Å². The third-order valence-corrected chi connectivity index (χ3v) is 9.62. The van der Waals surface area contributed by atoms with Crippen molar-refractivity contribution in [2.45, 2.75) is 43.2 Å². The van der Waals surface area contributed by atoms with E-state index in [1.54, 1.807) is 18.2 Å². The van der Waals surface area contributed by atoms with E-state index in [4.69, 9.17) is 9.92 Å². The predicted molar refractivity (Wildman–Crippen MR) is 185 cm³/mol. The maximum atomic E-state index is 13.1. The first-order valence-electron chi connectivity index (χ1n) is 14.5. The molecule has 0 aliphatic rings. The van der Waals surface area contributed by atoms with Crippen LogP contribution in [0.3, 0.4) is 0 Å². The fourth-order valence-electron chi connectivity index (χ4n) is 4.49. The maximum absolute atomic E-state index is 13.1. The highest BCUT2D eigenvalue weighted by atomic mass is 32.2. The van der Waals surface area contributed by atoms with Gasteiger partial charge in [-0.05, 0) is 58.8 Å². The minimum Gasteiger partial charge on any atom is -0.507 e. The first-order chi connectivity index (χ1) is 22.7. The molecule has 256 valence electrons. The van der Waals surface area contributed by atoms with Crippen LogP contribution in [-0.2, 0) is 40.3 Å². The van der Waals surface area contributed by atoms with Crippen molar-refractivity contribution in [1.82, 2.24) is 0 Å². The van der Waals surface area contributed by atoms with E-state index in [9.17, 15) is 34.9 Å². The second-order valence-electron chi connectivity index (χ2n) is 9.41. The molecule has 0 radical (unpaired) electrons. The number of nitrogens with zero attached hydrogens (tertiary/aromatic N) is 2. The molecule has 0 atom stereocenters. The first-order valence-corrected chi connectivity index (χ1v) is 18.9. The highest BCUT2D eigenvalue weighted by Crippen LogP contribution is 2.41. The van der Waals surface area contributed by atoms with Crippen molar-refractivity contribution in [2.24, 2.45) is 10.2 Å². The van der Waals surface area contributed by atoms with Crippen LogP contribution in [0.5, 0.6) is 11.5 Å². The van der Waals surface area contributed by atoms with Crippen molar-refractivity contribution >= 4 is 69.0 Å². The molecule has 13 nitrogen and oxygen atoms in total. The van der Waals surface area contributed by atoms with E-state index in [2.05, 4.69) is 14.4 Å². The van der Waals surface area contributed by atoms with Gasteiger partial charge < -0.3 is 15.0 Å². The molecule has 0 fully saturated rings. The lowest BCUT2D eigenvalue weighted by molar-refractivity contribution is 0.397. The SMILES string of the molecule is CC.CC.COS(=O)(=O)c1cc(O)c2c(N)c(N=Nc3cccc4cc(CS(=O)(=O)O)cc(OS(=O)(=O)c5ccccc5)c34)ccc2c1. The number of hydrogen-bond acceptors (Lipinski definition) is 12. The van der Waals surface area contributed by atoms with Crippen molar-refractivity contribution in [2.75, 3.05) is 12.8 Å². The lowest BCUT2D eigenvalue weighted by Crippen LogP contribution is -2.10. The molecule has 0 saturated heterocycles. The van der Waals surface area contributed by atoms with Crippen LogP contribution in [-0.4, -0.2) is 42.0 Å². The van der Waals surface area contributed by atoms with E-state index in [1.807, 2.05) is 27.7 Å². The largest absolute Gasteiger partial charge is 0.507 e. The van der Waals surface area contributed by atoms with Gasteiger partial charge >= 0.3 is 10.1 Å². The Bertz CT molecular complexity index is 2290. The summed E-state index contributed by atoms with van der Waals surface area (Å²) in [7, 11) is -12.0. The number of hydrogen-bond donors (Lipinski definition) is 3. The van der Waals surface area contributed by atoms with Gasteiger partial charge in [0, 0.05) is 11.5 Å². The number of phenols is 1. The molecule has 0 saturated carbocycles. The molecule has 0 spiro atoms. The summed E-state index contributed by atoms with van der Waals surface area (Å²) in [5.74, 6) is -1.51. The van der Waals surface area contributed by atoms with Crippen molar-refractivity contribution in [3.63, 3.8) is 0 Å². The number of fused-ring (bicyclic) bond motifs is 2. The zero-order valence-electron chi connectivity index (χ0n) is 26.6. The number of benzene rings is 5. The first kappa shape index (κ1) is 37.8. The summed E-state index contributed by atoms with van der Waals surface area (Å²) in [6, 6.07) is 19.7. The Morgan fingerprint density at radius 2 is 1.31 bits per heavy atom. The van der Waals surface area contributed by atoms with Crippen LogP contribution in [0.15, 0.2) is 105 Å². The monoisotopic (exact) mass is 717 g/mol. The quantitative estimate of drug-likeness (QED) is 0.0598. The van der Waals surface area contributed by atoms with Gasteiger partial charge in [0.05, 0.1) is 28.8 Å². The molecule has 0 bridgehead atoms. The van der Waals surface area contributed by atoms with E-state index in [1.165, 1.54) is 60.7 Å². The molecule has 16 heteroatoms. The number of rotatable bonds is 9. The second kappa shape index (κ2) is 15.5. The number of azo groups is 1. The molecule has 0 unspecified atom stereocenters. The van der Waals surface area contributed by atoms with E-state index >= 15 is 0 Å². The van der Waals surface area contributed by atoms with Gasteiger partial charge in [0.15, 0.2) is 5.75 Å². The van der Waals surface area contributed by atoms with E-state index in [0.29, 0.717) is 5.39 Å². The molecule has 0 aromatic heterocycles. The van der Waals surface area contributed by atoms with E-state index in [0.717, 1.165) is 13.2 Å². The Kier molecular flexibility index (Phi) is 12.2. The second-order valence-corrected chi connectivity index (χ2v) is 14.1. The molecule has 5 rings (SSSR count). The number of aromatic hydroxyl groups is 1. The van der Waals surface area contributed by atoms with Gasteiger partial charge in [-0.15, -0.1) is 10.2 Å². The van der Waals surface area contributed by atoms with Gasteiger partial charge in [-0.25, -0.2) is 0 Å². The highest BCUT2D eigenvalue weighted by Gasteiger charge is 2.22. The van der Waals surface area contributed by atoms with Gasteiger partial charge in [-0.1, -0.05) is 64.1 Å². The average molecular weight is 718 g/mol. The number of phenolic OH excluding ortho intramolecular Hbond substituents is 1. The Labute approximate surface area is 279 Å². The third-order valence-electron chi connectivity index (χ3n) is 6.42. The summed E-state index contributed by atoms with van der Waals surface area (Å²) in [6.07, 6.45) is 0. The van der Waals surface area contributed by atoms with Crippen LogP contribution in [0.25, 0.3) is 21.5 Å². The van der Waals surface area contributed by atoms with Crippen molar-refractivity contribution < 1.29 is 43.3 Å². The lowest BCUT2D eigenvalue weighted by Gasteiger charge is -2.13. The number of nitrogens with two attached hydrogens (primary N) is 1. The van der Waals surface area contributed by atoms with Crippen molar-refractivity contribution in [3.05, 3.63) is 90.5 Å². The molecule has 0 aliphatic heterocycles. The Morgan fingerprint density at radius 1 is 0.688 bits per heavy atom. The average Bonchev–Trinajstić information content (AvgIpc) is 3.05. The molecule has 48 heavy (non-hydrogen) atoms. The van der Waals surface area contributed by atoms with E-state index < -0.39 is 41.9 Å². The third kappa shape index (κ3) is 8.64. The van der Waals surface area contributed by atoms with Gasteiger partial charge in [0.25, 0.3) is 20.2 Å². The van der Waals surface area contributed by atoms with Crippen LogP contribution in [0.4, 0.5) is 17.1 Å². The van der Waals surface area contributed by atoms with Gasteiger partial charge in [0.1, 0.15) is 22.1 Å². The normalized spacial score (nSPS) is 11.9. The fraction of sp³-hybridized carbons (Fsp3) is 0.188. The molecule has 4 N–H and O–H groups in total. The molecule has 0 aliphatic carbocycles. The Morgan fingerprint density at radius 3 is 1.94 bits per heavy atom. The molecule has 5 aromatic rings. The van der Waals surface area contributed by atoms with Crippen LogP contribution in [0, 0.1) is 0 Å². The van der Waals surface area contributed by atoms with Crippen LogP contribution in [0.2, 0.25) is 0 Å². The number of anilines is 1. The molecule has 0 amide bonds. The number of nitrogen functional groups attached to an aromatic ring is 1. The summed E-state index contributed by atoms with van der Waals surface area (Å²) in [4.78, 5) is -0.432. The lowest BCUT2D eigenvalue weighted by atomic mass is 10.0. The van der Waals surface area contributed by atoms with Gasteiger partial charge in [-0.3, -0.25) is 8.74 Å². The Hall–Kier alpha value is -4.61. The molecular weight excluding hydrogens is 683 g/mol. The zero-order chi connectivity index (χ0) is 35.9. The summed E-state index contributed by atoms with van der Waals surface area (Å²) in [6.45, 7) is 8.00. The van der Waals surface area contributed by atoms with Crippen molar-refractivity contribution in [1.29, 1.82) is 0 Å². The summed E-state index contributed by atoms with van der Waals surface area (Å²) < 4.78 is 93.1. The minimum absolute atomic E-state index is 0.0241. The summed E-state index contributed by atoms with van der Waals surface area (Å²) in [5.41, 5.74) is 6.50. The Balaban J connectivity index is 0.00000151. The standard InChI is InChI=1S/C28H23N3O10S3.2C2H6/c1-40-43(36,37)21-14-19-10-11-23(28(29)27(19)24(32)15-21)31-30-22-9-5-6-18-12-17(16-42(33,34)35)13-25(26(18)22)41-44(38,39)20-7-3-2-4-8-20;2*1-2/h2-15,32H,16,29H2,1H3,(H,33,34,35);2*1-2H3. The molecular formula is C32H35N3O10S3.